The van der Waals surface area contributed by atoms with Crippen LogP contribution in [0, 0.1) is 0 Å². The maximum absolute atomic E-state index is 10.1. The van der Waals surface area contributed by atoms with E-state index in [1.165, 1.54) is 7.11 Å². The molecule has 1 aliphatic heterocycles. The molecule has 0 spiro atoms. The highest BCUT2D eigenvalue weighted by Crippen LogP contribution is 2.26. The highest BCUT2D eigenvalue weighted by atomic mass is 16.7. The van der Waals surface area contributed by atoms with E-state index in [0.717, 1.165) is 11.1 Å². The number of ether oxygens (including phenoxy) is 4. The van der Waals surface area contributed by atoms with Crippen molar-refractivity contribution in [3.05, 3.63) is 71.8 Å². The van der Waals surface area contributed by atoms with Crippen molar-refractivity contribution >= 4 is 0 Å². The molecule has 2 aromatic rings. The molecule has 0 radical (unpaired) electrons. The molecule has 1 heterocycles. The summed E-state index contributed by atoms with van der Waals surface area (Å²) in [6.45, 7) is 1.36. The molecule has 0 amide bonds. The monoisotopic (exact) mass is 358 g/mol. The van der Waals surface area contributed by atoms with Crippen LogP contribution < -0.4 is 0 Å². The maximum Gasteiger partial charge on any atom is 0.183 e. The summed E-state index contributed by atoms with van der Waals surface area (Å²) in [6.07, 6.45) is -1.35. The quantitative estimate of drug-likeness (QED) is 0.747. The van der Waals surface area contributed by atoms with Gasteiger partial charge in [-0.25, -0.2) is 0 Å². The maximum atomic E-state index is 10.1. The number of hydrogen-bond acceptors (Lipinski definition) is 5. The van der Waals surface area contributed by atoms with Crippen molar-refractivity contribution in [2.24, 2.45) is 0 Å². The molecule has 0 aliphatic carbocycles. The second-order valence-corrected chi connectivity index (χ2v) is 6.42. The number of benzene rings is 2. The SMILES string of the molecule is CO[C@H]1O[C@@H]([C@@H](COCc2ccccc2)OCc2ccccc2)C[C@H]1O. The van der Waals surface area contributed by atoms with Gasteiger partial charge in [-0.3, -0.25) is 0 Å². The van der Waals surface area contributed by atoms with Gasteiger partial charge < -0.3 is 24.1 Å². The Morgan fingerprint density at radius 2 is 1.62 bits per heavy atom. The first-order valence-corrected chi connectivity index (χ1v) is 8.90. The van der Waals surface area contributed by atoms with Crippen molar-refractivity contribution in [3.63, 3.8) is 0 Å². The molecule has 3 rings (SSSR count). The fourth-order valence-corrected chi connectivity index (χ4v) is 3.03. The molecule has 0 saturated carbocycles. The molecule has 0 unspecified atom stereocenters. The molecule has 1 aliphatic rings. The Morgan fingerprint density at radius 1 is 1.00 bits per heavy atom. The van der Waals surface area contributed by atoms with Gasteiger partial charge in [0.2, 0.25) is 0 Å². The van der Waals surface area contributed by atoms with E-state index < -0.39 is 12.4 Å². The van der Waals surface area contributed by atoms with E-state index in [4.69, 9.17) is 18.9 Å². The number of rotatable bonds is 9. The Bertz CT molecular complexity index is 633. The molecule has 26 heavy (non-hydrogen) atoms. The Balaban J connectivity index is 1.57. The molecule has 1 fully saturated rings. The molecule has 140 valence electrons. The number of aliphatic hydroxyl groups excluding tert-OH is 1. The van der Waals surface area contributed by atoms with Crippen molar-refractivity contribution in [1.82, 2.24) is 0 Å². The first-order chi connectivity index (χ1) is 12.8. The van der Waals surface area contributed by atoms with Gasteiger partial charge in [0.25, 0.3) is 0 Å². The van der Waals surface area contributed by atoms with Gasteiger partial charge in [-0.2, -0.15) is 0 Å². The third kappa shape index (κ3) is 5.37. The molecule has 4 atom stereocenters. The fraction of sp³-hybridized carbons (Fsp3) is 0.429. The van der Waals surface area contributed by atoms with Crippen LogP contribution in [0.15, 0.2) is 60.7 Å². The molecule has 5 nitrogen and oxygen atoms in total. The van der Waals surface area contributed by atoms with Gasteiger partial charge in [-0.15, -0.1) is 0 Å². The predicted molar refractivity (Wildman–Crippen MR) is 97.4 cm³/mol. The fourth-order valence-electron chi connectivity index (χ4n) is 3.03. The van der Waals surface area contributed by atoms with E-state index in [2.05, 4.69) is 0 Å². The number of hydrogen-bond donors (Lipinski definition) is 1. The zero-order valence-electron chi connectivity index (χ0n) is 15.0. The summed E-state index contributed by atoms with van der Waals surface area (Å²) in [4.78, 5) is 0. The number of aliphatic hydroxyl groups is 1. The summed E-state index contributed by atoms with van der Waals surface area (Å²) in [7, 11) is 1.53. The summed E-state index contributed by atoms with van der Waals surface area (Å²) in [5, 5.41) is 10.1. The Kier molecular flexibility index (Phi) is 7.17. The lowest BCUT2D eigenvalue weighted by Gasteiger charge is -2.24. The van der Waals surface area contributed by atoms with E-state index in [9.17, 15) is 5.11 Å². The second-order valence-electron chi connectivity index (χ2n) is 6.42. The van der Waals surface area contributed by atoms with Gasteiger partial charge in [0.05, 0.1) is 25.9 Å². The summed E-state index contributed by atoms with van der Waals surface area (Å²) < 4.78 is 22.9. The normalized spacial score (nSPS) is 23.8. The molecule has 2 aromatic carbocycles. The van der Waals surface area contributed by atoms with E-state index in [-0.39, 0.29) is 12.2 Å². The Hall–Kier alpha value is -1.76. The highest BCUT2D eigenvalue weighted by molar-refractivity contribution is 5.14. The third-order valence-corrected chi connectivity index (χ3v) is 4.44. The molecule has 0 aromatic heterocycles. The molecule has 1 N–H and O–H groups in total. The summed E-state index contributed by atoms with van der Waals surface area (Å²) >= 11 is 0. The lowest BCUT2D eigenvalue weighted by molar-refractivity contribution is -0.178. The Morgan fingerprint density at radius 3 is 2.19 bits per heavy atom. The molecule has 0 bridgehead atoms. The van der Waals surface area contributed by atoms with Crippen molar-refractivity contribution in [3.8, 4) is 0 Å². The van der Waals surface area contributed by atoms with Gasteiger partial charge in [-0.1, -0.05) is 60.7 Å². The lowest BCUT2D eigenvalue weighted by Crippen LogP contribution is -2.34. The van der Waals surface area contributed by atoms with Crippen molar-refractivity contribution in [2.75, 3.05) is 13.7 Å². The van der Waals surface area contributed by atoms with E-state index in [1.807, 2.05) is 60.7 Å². The molecular formula is C21H26O5. The minimum Gasteiger partial charge on any atom is -0.388 e. The van der Waals surface area contributed by atoms with Gasteiger partial charge in [0, 0.05) is 13.5 Å². The average molecular weight is 358 g/mol. The minimum absolute atomic E-state index is 0.269. The molecule has 1 saturated heterocycles. The molecular weight excluding hydrogens is 332 g/mol. The first-order valence-electron chi connectivity index (χ1n) is 8.90. The van der Waals surface area contributed by atoms with Gasteiger partial charge in [0.15, 0.2) is 6.29 Å². The van der Waals surface area contributed by atoms with Crippen molar-refractivity contribution < 1.29 is 24.1 Å². The first kappa shape index (κ1) is 19.0. The van der Waals surface area contributed by atoms with Crippen LogP contribution in [-0.2, 0) is 32.2 Å². The zero-order chi connectivity index (χ0) is 18.2. The predicted octanol–water partition coefficient (Wildman–Crippen LogP) is 2.91. The van der Waals surface area contributed by atoms with Crippen LogP contribution in [0.1, 0.15) is 17.5 Å². The minimum atomic E-state index is -0.651. The Labute approximate surface area is 154 Å². The summed E-state index contributed by atoms with van der Waals surface area (Å²) in [5.74, 6) is 0. The van der Waals surface area contributed by atoms with Crippen LogP contribution in [0.4, 0.5) is 0 Å². The second kappa shape index (κ2) is 9.80. The zero-order valence-corrected chi connectivity index (χ0v) is 15.0. The highest BCUT2D eigenvalue weighted by Gasteiger charge is 2.39. The lowest BCUT2D eigenvalue weighted by atomic mass is 10.1. The topological polar surface area (TPSA) is 57.2 Å². The average Bonchev–Trinajstić information content (AvgIpc) is 3.06. The van der Waals surface area contributed by atoms with Crippen LogP contribution in [0.2, 0.25) is 0 Å². The largest absolute Gasteiger partial charge is 0.388 e. The van der Waals surface area contributed by atoms with Gasteiger partial charge in [-0.05, 0) is 11.1 Å². The van der Waals surface area contributed by atoms with Gasteiger partial charge >= 0.3 is 0 Å². The van der Waals surface area contributed by atoms with Crippen molar-refractivity contribution in [1.29, 1.82) is 0 Å². The van der Waals surface area contributed by atoms with E-state index in [1.54, 1.807) is 0 Å². The van der Waals surface area contributed by atoms with Crippen LogP contribution in [0.3, 0.4) is 0 Å². The van der Waals surface area contributed by atoms with E-state index >= 15 is 0 Å². The third-order valence-electron chi connectivity index (χ3n) is 4.44. The van der Waals surface area contributed by atoms with Crippen molar-refractivity contribution in [2.45, 2.75) is 44.2 Å². The summed E-state index contributed by atoms with van der Waals surface area (Å²) in [5.41, 5.74) is 2.19. The van der Waals surface area contributed by atoms with Crippen LogP contribution in [0.25, 0.3) is 0 Å². The number of methoxy groups -OCH3 is 1. The summed E-state index contributed by atoms with van der Waals surface area (Å²) in [6, 6.07) is 20.0. The smallest absolute Gasteiger partial charge is 0.183 e. The molecule has 5 heteroatoms. The van der Waals surface area contributed by atoms with Crippen LogP contribution in [-0.4, -0.2) is 43.4 Å². The van der Waals surface area contributed by atoms with Gasteiger partial charge in [0.1, 0.15) is 12.2 Å². The van der Waals surface area contributed by atoms with Crippen LogP contribution >= 0.6 is 0 Å². The van der Waals surface area contributed by atoms with Crippen LogP contribution in [0.5, 0.6) is 0 Å². The van der Waals surface area contributed by atoms with E-state index in [0.29, 0.717) is 26.2 Å². The standard InChI is InChI=1S/C21H26O5/c1-23-21-18(22)12-19(26-21)20(25-14-17-10-6-3-7-11-17)15-24-13-16-8-4-2-5-9-16/h2-11,18-22H,12-15H2,1H3/t18-,19-,20-,21+/m1/s1.